The first-order valence-electron chi connectivity index (χ1n) is 8.49. The van der Waals surface area contributed by atoms with Crippen molar-refractivity contribution in [2.24, 2.45) is 0 Å². The van der Waals surface area contributed by atoms with E-state index in [1.165, 1.54) is 11.8 Å². The van der Waals surface area contributed by atoms with Crippen LogP contribution in [0.1, 0.15) is 35.4 Å². The third-order valence-electron chi connectivity index (χ3n) is 4.91. The number of likely N-dealkylation sites (tertiary alicyclic amines) is 1. The molecule has 2 amide bonds. The average molecular weight is 324 g/mol. The molecule has 5 nitrogen and oxygen atoms in total. The Morgan fingerprint density at radius 1 is 1.04 bits per heavy atom. The molecule has 0 spiro atoms. The highest BCUT2D eigenvalue weighted by Crippen LogP contribution is 2.30. The number of carbonyl (C=O) groups excluding carboxylic acids is 2. The molecule has 0 N–H and O–H groups in total. The molecule has 4 rings (SSSR count). The minimum Gasteiger partial charge on any atom is -0.459 e. The molecule has 1 aromatic carbocycles. The maximum Gasteiger partial charge on any atom is 0.290 e. The van der Waals surface area contributed by atoms with E-state index < -0.39 is 6.04 Å². The van der Waals surface area contributed by atoms with Gasteiger partial charge in [-0.3, -0.25) is 9.59 Å². The molecule has 1 atom stereocenters. The van der Waals surface area contributed by atoms with Crippen LogP contribution in [0.3, 0.4) is 0 Å². The van der Waals surface area contributed by atoms with Gasteiger partial charge in [-0.2, -0.15) is 0 Å². The first kappa shape index (κ1) is 15.0. The molecule has 1 saturated heterocycles. The first-order chi connectivity index (χ1) is 11.8. The van der Waals surface area contributed by atoms with Gasteiger partial charge in [0.05, 0.1) is 6.26 Å². The second-order valence-electron chi connectivity index (χ2n) is 6.36. The van der Waals surface area contributed by atoms with Crippen molar-refractivity contribution >= 4 is 17.5 Å². The summed E-state index contributed by atoms with van der Waals surface area (Å²) in [5, 5.41) is 0. The molecule has 0 bridgehead atoms. The first-order valence-corrected chi connectivity index (χ1v) is 8.49. The Morgan fingerprint density at radius 3 is 2.75 bits per heavy atom. The standard InChI is InChI=1S/C19H20N2O3/c22-18(20-11-3-7-14-6-1-2-8-15(14)20)16-9-4-12-21(16)19(23)17-10-5-13-24-17/h1-2,5-6,8,10,13,16H,3-4,7,9,11-12H2. The Morgan fingerprint density at radius 2 is 1.92 bits per heavy atom. The summed E-state index contributed by atoms with van der Waals surface area (Å²) >= 11 is 0. The number of para-hydroxylation sites is 1. The Labute approximate surface area is 140 Å². The summed E-state index contributed by atoms with van der Waals surface area (Å²) in [7, 11) is 0. The second-order valence-corrected chi connectivity index (χ2v) is 6.36. The van der Waals surface area contributed by atoms with E-state index >= 15 is 0 Å². The van der Waals surface area contributed by atoms with E-state index in [0.29, 0.717) is 18.7 Å². The summed E-state index contributed by atoms with van der Waals surface area (Å²) in [6.45, 7) is 1.32. The highest BCUT2D eigenvalue weighted by atomic mass is 16.3. The summed E-state index contributed by atoms with van der Waals surface area (Å²) in [6.07, 6.45) is 5.00. The number of carbonyl (C=O) groups is 2. The van der Waals surface area contributed by atoms with E-state index in [4.69, 9.17) is 4.42 Å². The van der Waals surface area contributed by atoms with Crippen molar-refractivity contribution in [2.45, 2.75) is 31.7 Å². The summed E-state index contributed by atoms with van der Waals surface area (Å²) in [6, 6.07) is 11.0. The summed E-state index contributed by atoms with van der Waals surface area (Å²) in [4.78, 5) is 29.3. The van der Waals surface area contributed by atoms with Crippen LogP contribution >= 0.6 is 0 Å². The largest absolute Gasteiger partial charge is 0.459 e. The monoisotopic (exact) mass is 324 g/mol. The smallest absolute Gasteiger partial charge is 0.290 e. The number of anilines is 1. The van der Waals surface area contributed by atoms with Crippen LogP contribution in [-0.2, 0) is 11.2 Å². The minimum atomic E-state index is -0.395. The number of fused-ring (bicyclic) bond motifs is 1. The van der Waals surface area contributed by atoms with Crippen LogP contribution in [0.25, 0.3) is 0 Å². The fourth-order valence-corrected chi connectivity index (χ4v) is 3.75. The Kier molecular flexibility index (Phi) is 3.84. The number of benzene rings is 1. The molecule has 1 fully saturated rings. The van der Waals surface area contributed by atoms with Crippen molar-refractivity contribution < 1.29 is 14.0 Å². The van der Waals surface area contributed by atoms with Crippen molar-refractivity contribution in [3.05, 3.63) is 54.0 Å². The highest BCUT2D eigenvalue weighted by Gasteiger charge is 2.38. The maximum absolute atomic E-state index is 13.1. The van der Waals surface area contributed by atoms with Crippen LogP contribution in [0, 0.1) is 0 Å². The number of hydrogen-bond acceptors (Lipinski definition) is 3. The van der Waals surface area contributed by atoms with Gasteiger partial charge in [0.25, 0.3) is 5.91 Å². The molecule has 0 saturated carbocycles. The van der Waals surface area contributed by atoms with Gasteiger partial charge >= 0.3 is 0 Å². The van der Waals surface area contributed by atoms with E-state index in [2.05, 4.69) is 6.07 Å². The lowest BCUT2D eigenvalue weighted by atomic mass is 10.0. The van der Waals surface area contributed by atoms with Gasteiger partial charge in [0.1, 0.15) is 6.04 Å². The fraction of sp³-hybridized carbons (Fsp3) is 0.368. The molecule has 1 aromatic heterocycles. The second kappa shape index (κ2) is 6.15. The van der Waals surface area contributed by atoms with Gasteiger partial charge in [0.2, 0.25) is 5.91 Å². The van der Waals surface area contributed by atoms with E-state index in [0.717, 1.165) is 31.5 Å². The van der Waals surface area contributed by atoms with Crippen molar-refractivity contribution in [1.82, 2.24) is 4.90 Å². The third kappa shape index (κ3) is 2.50. The summed E-state index contributed by atoms with van der Waals surface area (Å²) < 4.78 is 5.22. The van der Waals surface area contributed by atoms with Crippen LogP contribution < -0.4 is 4.90 Å². The van der Waals surface area contributed by atoms with E-state index in [1.807, 2.05) is 23.1 Å². The lowest BCUT2D eigenvalue weighted by molar-refractivity contribution is -0.122. The van der Waals surface area contributed by atoms with Crippen LogP contribution in [0.15, 0.2) is 47.1 Å². The molecule has 2 aromatic rings. The number of rotatable bonds is 2. The predicted octanol–water partition coefficient (Wildman–Crippen LogP) is 2.86. The SMILES string of the molecule is O=C(C1CCCN1C(=O)c1ccco1)N1CCCc2ccccc21. The molecule has 0 aliphatic carbocycles. The van der Waals surface area contributed by atoms with Gasteiger partial charge in [-0.25, -0.2) is 0 Å². The van der Waals surface area contributed by atoms with Crippen molar-refractivity contribution in [3.63, 3.8) is 0 Å². The molecular formula is C19H20N2O3. The van der Waals surface area contributed by atoms with Gasteiger partial charge < -0.3 is 14.2 Å². The van der Waals surface area contributed by atoms with Gasteiger partial charge in [-0.1, -0.05) is 18.2 Å². The summed E-state index contributed by atoms with van der Waals surface area (Å²) in [5.41, 5.74) is 2.20. The molecule has 1 unspecified atom stereocenters. The van der Waals surface area contributed by atoms with Crippen molar-refractivity contribution in [1.29, 1.82) is 0 Å². The predicted molar refractivity (Wildman–Crippen MR) is 89.9 cm³/mol. The lowest BCUT2D eigenvalue weighted by Gasteiger charge is -2.33. The van der Waals surface area contributed by atoms with Crippen molar-refractivity contribution in [2.75, 3.05) is 18.0 Å². The Bertz CT molecular complexity index is 754. The molecule has 2 aliphatic heterocycles. The number of hydrogen-bond donors (Lipinski definition) is 0. The molecule has 5 heteroatoms. The molecule has 2 aliphatic rings. The minimum absolute atomic E-state index is 0.0274. The van der Waals surface area contributed by atoms with Crippen LogP contribution in [0.4, 0.5) is 5.69 Å². The zero-order chi connectivity index (χ0) is 16.5. The normalized spacial score (nSPS) is 20.1. The zero-order valence-electron chi connectivity index (χ0n) is 13.5. The fourth-order valence-electron chi connectivity index (χ4n) is 3.75. The lowest BCUT2D eigenvalue weighted by Crippen LogP contribution is -2.49. The third-order valence-corrected chi connectivity index (χ3v) is 4.91. The Hall–Kier alpha value is -2.56. The number of nitrogens with zero attached hydrogens (tertiary/aromatic N) is 2. The molecular weight excluding hydrogens is 304 g/mol. The molecule has 0 radical (unpaired) electrons. The van der Waals surface area contributed by atoms with E-state index in [-0.39, 0.29) is 11.8 Å². The molecule has 124 valence electrons. The van der Waals surface area contributed by atoms with E-state index in [1.54, 1.807) is 17.0 Å². The van der Waals surface area contributed by atoms with E-state index in [9.17, 15) is 9.59 Å². The van der Waals surface area contributed by atoms with Crippen LogP contribution in [0.2, 0.25) is 0 Å². The number of aryl methyl sites for hydroxylation is 1. The average Bonchev–Trinajstić information content (AvgIpc) is 3.31. The zero-order valence-corrected chi connectivity index (χ0v) is 13.5. The number of amides is 2. The maximum atomic E-state index is 13.1. The number of furan rings is 1. The van der Waals surface area contributed by atoms with Crippen molar-refractivity contribution in [3.8, 4) is 0 Å². The quantitative estimate of drug-likeness (QED) is 0.853. The van der Waals surface area contributed by atoms with Gasteiger partial charge in [-0.05, 0) is 49.4 Å². The van der Waals surface area contributed by atoms with Gasteiger partial charge in [0.15, 0.2) is 5.76 Å². The van der Waals surface area contributed by atoms with Crippen LogP contribution in [-0.4, -0.2) is 35.8 Å². The van der Waals surface area contributed by atoms with Gasteiger partial charge in [-0.15, -0.1) is 0 Å². The Balaban J connectivity index is 1.59. The highest BCUT2D eigenvalue weighted by molar-refractivity contribution is 6.02. The van der Waals surface area contributed by atoms with Gasteiger partial charge in [0, 0.05) is 18.8 Å². The topological polar surface area (TPSA) is 53.8 Å². The molecule has 24 heavy (non-hydrogen) atoms. The van der Waals surface area contributed by atoms with Crippen LogP contribution in [0.5, 0.6) is 0 Å². The summed E-state index contributed by atoms with van der Waals surface area (Å²) in [5.74, 6) is 0.134. The molecule has 3 heterocycles.